The van der Waals surface area contributed by atoms with Gasteiger partial charge in [0.15, 0.2) is 0 Å². The Labute approximate surface area is 308 Å². The van der Waals surface area contributed by atoms with E-state index in [4.69, 9.17) is 0 Å². The van der Waals surface area contributed by atoms with Crippen LogP contribution in [0, 0.1) is 46.8 Å². The summed E-state index contributed by atoms with van der Waals surface area (Å²) >= 11 is 1.92. The van der Waals surface area contributed by atoms with Crippen LogP contribution in [0.5, 0.6) is 0 Å². The quantitative estimate of drug-likeness (QED) is 0.143. The second-order valence-corrected chi connectivity index (χ2v) is 13.5. The minimum atomic E-state index is 0. The number of hydrogen-bond acceptors (Lipinski definition) is 3. The molecule has 0 aliphatic heterocycles. The first-order valence-corrected chi connectivity index (χ1v) is 17.5. The fourth-order valence-corrected chi connectivity index (χ4v) is 7.52. The van der Waals surface area contributed by atoms with Crippen molar-refractivity contribution in [1.29, 1.82) is 0 Å². The summed E-state index contributed by atoms with van der Waals surface area (Å²) in [6.07, 6.45) is 11.4. The molecule has 4 aromatic carbocycles. The number of aromatic nitrogens is 4. The van der Waals surface area contributed by atoms with E-state index >= 15 is 0 Å². The second-order valence-electron chi connectivity index (χ2n) is 12.4. The van der Waals surface area contributed by atoms with Crippen LogP contribution < -0.4 is 0 Å². The van der Waals surface area contributed by atoms with Crippen molar-refractivity contribution in [1.82, 2.24) is 19.1 Å². The zero-order chi connectivity index (χ0) is 33.6. The zero-order valence-corrected chi connectivity index (χ0v) is 32.3. The van der Waals surface area contributed by atoms with Crippen molar-refractivity contribution in [3.8, 4) is 44.6 Å². The molecule has 0 aliphatic carbocycles. The van der Waals surface area contributed by atoms with Crippen molar-refractivity contribution in [2.75, 3.05) is 0 Å². The zero-order valence-electron chi connectivity index (χ0n) is 29.0. The first-order valence-electron chi connectivity index (χ1n) is 16.6. The smallest absolute Gasteiger partial charge is 0.0602 e. The Kier molecular flexibility index (Phi) is 12.0. The number of unbranched alkanes of at least 4 members (excludes halogenated alkanes) is 1. The summed E-state index contributed by atoms with van der Waals surface area (Å²) in [6, 6.07) is 36.1. The minimum absolute atomic E-state index is 0. The van der Waals surface area contributed by atoms with Crippen LogP contribution in [-0.2, 0) is 26.5 Å². The van der Waals surface area contributed by atoms with Gasteiger partial charge in [-0.25, -0.2) is 0 Å². The molecule has 0 saturated carbocycles. The average Bonchev–Trinajstić information content (AvgIpc) is 3.86. The summed E-state index contributed by atoms with van der Waals surface area (Å²) in [5.74, 6) is 1.86. The van der Waals surface area contributed by atoms with Gasteiger partial charge in [0.05, 0.1) is 11.6 Å². The van der Waals surface area contributed by atoms with Gasteiger partial charge in [-0.05, 0) is 99.5 Å². The molecule has 7 aromatic rings. The molecule has 0 atom stereocenters. The van der Waals surface area contributed by atoms with Crippen molar-refractivity contribution in [2.24, 2.45) is 0 Å². The van der Waals surface area contributed by atoms with E-state index in [0.29, 0.717) is 0 Å². The first-order chi connectivity index (χ1) is 23.3. The average molecular weight is 839 g/mol. The van der Waals surface area contributed by atoms with Gasteiger partial charge < -0.3 is 9.13 Å². The van der Waals surface area contributed by atoms with Gasteiger partial charge in [0, 0.05) is 66.0 Å². The number of hydrogen-bond donors (Lipinski definition) is 0. The maximum atomic E-state index is 4.59. The van der Waals surface area contributed by atoms with Gasteiger partial charge in [0.25, 0.3) is 0 Å². The molecule has 7 rings (SSSR count). The van der Waals surface area contributed by atoms with E-state index in [-0.39, 0.29) is 20.1 Å². The molecule has 0 unspecified atom stereocenters. The minimum Gasteiger partial charge on any atom is -0.340 e. The maximum Gasteiger partial charge on any atom is 0.0602 e. The van der Waals surface area contributed by atoms with Crippen LogP contribution >= 0.6 is 11.3 Å². The molecule has 0 saturated heterocycles. The number of nitrogens with zero attached hydrogens (tertiary/aromatic N) is 4. The Morgan fingerprint density at radius 3 is 1.63 bits per heavy atom. The monoisotopic (exact) mass is 839 g/mol. The number of imidazole rings is 2. The van der Waals surface area contributed by atoms with Crippen LogP contribution in [0.4, 0.5) is 0 Å². The van der Waals surface area contributed by atoms with Gasteiger partial charge in [-0.1, -0.05) is 31.0 Å². The predicted molar refractivity (Wildman–Crippen MR) is 201 cm³/mol. The Balaban J connectivity index is 0.000000197. The molecule has 0 fully saturated rings. The van der Waals surface area contributed by atoms with Crippen LogP contribution in [0.25, 0.3) is 44.6 Å². The Bertz CT molecular complexity index is 2080. The molecule has 251 valence electrons. The fourth-order valence-electron chi connectivity index (χ4n) is 6.48. The van der Waals surface area contributed by atoms with Crippen LogP contribution in [-0.4, -0.2) is 19.1 Å². The molecule has 49 heavy (non-hydrogen) atoms. The molecular formula is C43H42IrN4S-2. The summed E-state index contributed by atoms with van der Waals surface area (Å²) < 4.78 is 4.33. The molecule has 0 spiro atoms. The second kappa shape index (κ2) is 16.4. The standard InChI is InChI=1S/C25H25N2S.C18H17N2.Ir/c1-4-5-11-22-12-13-23(28-22)21-16-18(2)24(19(3)17-21)27-15-14-26-25(27)20-9-7-6-8-10-20;1-13-11-14(2)17(15(3)12-13)20-10-9-19-18(20)16-7-5-4-6-8-16;/h6-9,12-17H,4-5,11H2,1-3H3;4-7,9-12H,1-3H3;/q2*-1;. The van der Waals surface area contributed by atoms with E-state index in [1.807, 2.05) is 78.6 Å². The van der Waals surface area contributed by atoms with Crippen molar-refractivity contribution in [3.63, 3.8) is 0 Å². The number of rotatable bonds is 8. The Morgan fingerprint density at radius 1 is 0.653 bits per heavy atom. The van der Waals surface area contributed by atoms with Crippen LogP contribution in [0.2, 0.25) is 0 Å². The van der Waals surface area contributed by atoms with E-state index in [0.717, 1.165) is 22.8 Å². The molecule has 4 nitrogen and oxygen atoms in total. The molecular weight excluding hydrogens is 797 g/mol. The molecule has 3 aromatic heterocycles. The molecule has 0 aliphatic rings. The Morgan fingerprint density at radius 2 is 1.16 bits per heavy atom. The molecule has 0 bridgehead atoms. The van der Waals surface area contributed by atoms with Crippen LogP contribution in [0.1, 0.15) is 52.5 Å². The van der Waals surface area contributed by atoms with E-state index in [1.54, 1.807) is 0 Å². The number of aryl methyl sites for hydroxylation is 6. The maximum absolute atomic E-state index is 4.59. The van der Waals surface area contributed by atoms with E-state index in [9.17, 15) is 0 Å². The summed E-state index contributed by atoms with van der Waals surface area (Å²) in [5.41, 5.74) is 12.1. The van der Waals surface area contributed by atoms with Crippen molar-refractivity contribution >= 4 is 11.3 Å². The van der Waals surface area contributed by atoms with Crippen molar-refractivity contribution in [2.45, 2.75) is 60.8 Å². The van der Waals surface area contributed by atoms with Crippen molar-refractivity contribution < 1.29 is 20.1 Å². The SMILES string of the molecule is CCCCc1ccc(-c2cc(C)c(-n3ccnc3-c3[c-]cccc3)c(C)c2)s1.Cc1cc(C)c(-n2ccnc2-c2[c-]cccc2)c(C)c1.[Ir]. The molecule has 0 N–H and O–H groups in total. The summed E-state index contributed by atoms with van der Waals surface area (Å²) in [5, 5.41) is 0. The topological polar surface area (TPSA) is 35.6 Å². The van der Waals surface area contributed by atoms with Gasteiger partial charge >= 0.3 is 0 Å². The molecule has 6 heteroatoms. The third-order valence-electron chi connectivity index (χ3n) is 8.51. The third-order valence-corrected chi connectivity index (χ3v) is 9.71. The summed E-state index contributed by atoms with van der Waals surface area (Å²) in [7, 11) is 0. The molecule has 3 heterocycles. The summed E-state index contributed by atoms with van der Waals surface area (Å²) in [4.78, 5) is 11.9. The van der Waals surface area contributed by atoms with Gasteiger partial charge in [-0.15, -0.1) is 83.1 Å². The van der Waals surface area contributed by atoms with Gasteiger partial charge in [-0.3, -0.25) is 9.97 Å². The van der Waals surface area contributed by atoms with Crippen LogP contribution in [0.15, 0.2) is 110 Å². The van der Waals surface area contributed by atoms with Gasteiger partial charge in [-0.2, -0.15) is 0 Å². The molecule has 1 radical (unpaired) electrons. The molecule has 0 amide bonds. The van der Waals surface area contributed by atoms with Crippen LogP contribution in [0.3, 0.4) is 0 Å². The first kappa shape index (κ1) is 35.9. The predicted octanol–water partition coefficient (Wildman–Crippen LogP) is 11.3. The van der Waals surface area contributed by atoms with E-state index in [2.05, 4.69) is 115 Å². The Hall–Kier alpha value is -4.35. The number of thiophene rings is 1. The van der Waals surface area contributed by atoms with Gasteiger partial charge in [0.2, 0.25) is 0 Å². The fraction of sp³-hybridized carbons (Fsp3) is 0.209. The summed E-state index contributed by atoms with van der Waals surface area (Å²) in [6.45, 7) is 13.1. The van der Waals surface area contributed by atoms with E-state index in [1.165, 1.54) is 73.8 Å². The third kappa shape index (κ3) is 8.11. The van der Waals surface area contributed by atoms with E-state index < -0.39 is 0 Å². The largest absolute Gasteiger partial charge is 0.340 e. The van der Waals surface area contributed by atoms with Crippen molar-refractivity contribution in [3.05, 3.63) is 155 Å². The van der Waals surface area contributed by atoms with Gasteiger partial charge in [0.1, 0.15) is 0 Å². The normalized spacial score (nSPS) is 10.7. The number of benzene rings is 4.